The average molecular weight is 345 g/mol. The SMILES string of the molecule is CCOC(=O)c1cc2c3ccccc3n(Cc3cccc(N)c3)c2cn1. The second kappa shape index (κ2) is 6.52. The Kier molecular flexibility index (Phi) is 4.05. The smallest absolute Gasteiger partial charge is 0.356 e. The highest BCUT2D eigenvalue weighted by atomic mass is 16.5. The first-order valence-electron chi connectivity index (χ1n) is 8.56. The number of ether oxygens (including phenoxy) is 1. The van der Waals surface area contributed by atoms with E-state index in [2.05, 4.69) is 27.8 Å². The maximum Gasteiger partial charge on any atom is 0.356 e. The molecule has 0 saturated heterocycles. The third kappa shape index (κ3) is 2.77. The van der Waals surface area contributed by atoms with Crippen molar-refractivity contribution < 1.29 is 9.53 Å². The molecule has 0 aliphatic rings. The maximum atomic E-state index is 12.1. The number of carbonyl (C=O) groups excluding carboxylic acids is 1. The second-order valence-corrected chi connectivity index (χ2v) is 6.16. The first kappa shape index (κ1) is 16.1. The predicted molar refractivity (Wildman–Crippen MR) is 103 cm³/mol. The van der Waals surface area contributed by atoms with E-state index < -0.39 is 5.97 Å². The minimum absolute atomic E-state index is 0.325. The summed E-state index contributed by atoms with van der Waals surface area (Å²) in [6, 6.07) is 17.8. The van der Waals surface area contributed by atoms with Crippen LogP contribution in [0, 0.1) is 0 Å². The average Bonchev–Trinajstić information content (AvgIpc) is 2.96. The zero-order valence-corrected chi connectivity index (χ0v) is 14.5. The first-order valence-corrected chi connectivity index (χ1v) is 8.56. The molecule has 0 radical (unpaired) electrons. The van der Waals surface area contributed by atoms with Crippen LogP contribution < -0.4 is 5.73 Å². The largest absolute Gasteiger partial charge is 0.461 e. The lowest BCUT2D eigenvalue weighted by molar-refractivity contribution is 0.0519. The monoisotopic (exact) mass is 345 g/mol. The van der Waals surface area contributed by atoms with Crippen molar-refractivity contribution in [3.63, 3.8) is 0 Å². The van der Waals surface area contributed by atoms with Gasteiger partial charge in [-0.3, -0.25) is 0 Å². The van der Waals surface area contributed by atoms with E-state index in [9.17, 15) is 4.79 Å². The molecule has 0 unspecified atom stereocenters. The van der Waals surface area contributed by atoms with Crippen LogP contribution in [0.1, 0.15) is 23.0 Å². The van der Waals surface area contributed by atoms with E-state index in [0.717, 1.165) is 33.1 Å². The van der Waals surface area contributed by atoms with Crippen LogP contribution in [0.15, 0.2) is 60.8 Å². The zero-order valence-electron chi connectivity index (χ0n) is 14.5. The molecular weight excluding hydrogens is 326 g/mol. The molecule has 0 amide bonds. The standard InChI is InChI=1S/C21H19N3O2/c1-2-26-21(25)18-11-17-16-8-3-4-9-19(16)24(20(17)12-23-18)13-14-6-5-7-15(22)10-14/h3-12H,2,13,22H2,1H3. The fourth-order valence-corrected chi connectivity index (χ4v) is 3.31. The number of nitrogens with zero attached hydrogens (tertiary/aromatic N) is 2. The lowest BCUT2D eigenvalue weighted by Gasteiger charge is -2.08. The number of nitrogen functional groups attached to an aromatic ring is 1. The van der Waals surface area contributed by atoms with Gasteiger partial charge in [0, 0.05) is 28.5 Å². The number of anilines is 1. The fraction of sp³-hybridized carbons (Fsp3) is 0.143. The number of fused-ring (bicyclic) bond motifs is 3. The third-order valence-corrected chi connectivity index (χ3v) is 4.44. The Hall–Kier alpha value is -3.34. The van der Waals surface area contributed by atoms with Gasteiger partial charge in [-0.1, -0.05) is 30.3 Å². The second-order valence-electron chi connectivity index (χ2n) is 6.16. The zero-order chi connectivity index (χ0) is 18.1. The van der Waals surface area contributed by atoms with Crippen LogP contribution in [0.25, 0.3) is 21.8 Å². The molecule has 2 N–H and O–H groups in total. The summed E-state index contributed by atoms with van der Waals surface area (Å²) in [5.41, 5.74) is 10.2. The Morgan fingerprint density at radius 1 is 1.08 bits per heavy atom. The van der Waals surface area contributed by atoms with Gasteiger partial charge in [-0.05, 0) is 36.8 Å². The number of nitrogens with two attached hydrogens (primary N) is 1. The minimum Gasteiger partial charge on any atom is -0.461 e. The summed E-state index contributed by atoms with van der Waals surface area (Å²) >= 11 is 0. The van der Waals surface area contributed by atoms with Crippen LogP contribution in [-0.4, -0.2) is 22.1 Å². The van der Waals surface area contributed by atoms with E-state index in [-0.39, 0.29) is 0 Å². The molecule has 2 aromatic carbocycles. The number of carbonyl (C=O) groups is 1. The molecule has 0 fully saturated rings. The predicted octanol–water partition coefficient (Wildman–Crippen LogP) is 4.00. The summed E-state index contributed by atoms with van der Waals surface area (Å²) in [6.45, 7) is 2.79. The van der Waals surface area contributed by atoms with Gasteiger partial charge in [0.1, 0.15) is 5.69 Å². The Morgan fingerprint density at radius 3 is 2.73 bits per heavy atom. The first-order chi connectivity index (χ1) is 12.7. The molecule has 4 rings (SSSR count). The number of pyridine rings is 1. The minimum atomic E-state index is -0.401. The van der Waals surface area contributed by atoms with E-state index in [1.165, 1.54) is 0 Å². The summed E-state index contributed by atoms with van der Waals surface area (Å²) in [4.78, 5) is 16.4. The van der Waals surface area contributed by atoms with Gasteiger partial charge in [-0.15, -0.1) is 0 Å². The van der Waals surface area contributed by atoms with E-state index in [1.807, 2.05) is 36.4 Å². The van der Waals surface area contributed by atoms with Crippen LogP contribution >= 0.6 is 0 Å². The number of rotatable bonds is 4. The Bertz CT molecular complexity index is 1110. The number of hydrogen-bond donors (Lipinski definition) is 1. The van der Waals surface area contributed by atoms with E-state index in [0.29, 0.717) is 18.8 Å². The fourth-order valence-electron chi connectivity index (χ4n) is 3.31. The number of benzene rings is 2. The highest BCUT2D eigenvalue weighted by molar-refractivity contribution is 6.09. The molecule has 0 bridgehead atoms. The van der Waals surface area contributed by atoms with Crippen LogP contribution in [0.2, 0.25) is 0 Å². The van der Waals surface area contributed by atoms with Crippen molar-refractivity contribution in [2.45, 2.75) is 13.5 Å². The lowest BCUT2D eigenvalue weighted by Crippen LogP contribution is -2.07. The van der Waals surface area contributed by atoms with Gasteiger partial charge < -0.3 is 15.0 Å². The van der Waals surface area contributed by atoms with Crippen molar-refractivity contribution in [2.24, 2.45) is 0 Å². The summed E-state index contributed by atoms with van der Waals surface area (Å²) in [5.74, 6) is -0.401. The molecule has 0 atom stereocenters. The highest BCUT2D eigenvalue weighted by Crippen LogP contribution is 2.30. The normalized spacial score (nSPS) is 11.1. The Labute approximate surface area is 151 Å². The van der Waals surface area contributed by atoms with Gasteiger partial charge in [0.2, 0.25) is 0 Å². The lowest BCUT2D eigenvalue weighted by atomic mass is 10.1. The molecule has 26 heavy (non-hydrogen) atoms. The van der Waals surface area contributed by atoms with Gasteiger partial charge >= 0.3 is 5.97 Å². The van der Waals surface area contributed by atoms with Crippen molar-refractivity contribution >= 4 is 33.5 Å². The van der Waals surface area contributed by atoms with Crippen LogP contribution in [0.3, 0.4) is 0 Å². The van der Waals surface area contributed by atoms with Crippen LogP contribution in [0.5, 0.6) is 0 Å². The van der Waals surface area contributed by atoms with E-state index in [4.69, 9.17) is 10.5 Å². The molecule has 0 saturated carbocycles. The third-order valence-electron chi connectivity index (χ3n) is 4.44. The summed E-state index contributed by atoms with van der Waals surface area (Å²) in [6.07, 6.45) is 1.74. The van der Waals surface area contributed by atoms with Gasteiger partial charge in [0.15, 0.2) is 0 Å². The summed E-state index contributed by atoms with van der Waals surface area (Å²) in [7, 11) is 0. The summed E-state index contributed by atoms with van der Waals surface area (Å²) in [5, 5.41) is 2.07. The van der Waals surface area contributed by atoms with E-state index in [1.54, 1.807) is 13.1 Å². The number of hydrogen-bond acceptors (Lipinski definition) is 4. The number of para-hydroxylation sites is 1. The van der Waals surface area contributed by atoms with Crippen LogP contribution in [-0.2, 0) is 11.3 Å². The molecule has 5 heteroatoms. The molecule has 4 aromatic rings. The topological polar surface area (TPSA) is 70.1 Å². The molecule has 0 aliphatic carbocycles. The molecule has 5 nitrogen and oxygen atoms in total. The Morgan fingerprint density at radius 2 is 1.92 bits per heavy atom. The number of aromatic nitrogens is 2. The Balaban J connectivity index is 1.89. The molecule has 0 aliphatic heterocycles. The van der Waals surface area contributed by atoms with Crippen molar-refractivity contribution in [2.75, 3.05) is 12.3 Å². The van der Waals surface area contributed by atoms with Crippen molar-refractivity contribution in [1.82, 2.24) is 9.55 Å². The summed E-state index contributed by atoms with van der Waals surface area (Å²) < 4.78 is 7.28. The van der Waals surface area contributed by atoms with Crippen molar-refractivity contribution in [3.8, 4) is 0 Å². The van der Waals surface area contributed by atoms with Crippen molar-refractivity contribution in [1.29, 1.82) is 0 Å². The molecular formula is C21H19N3O2. The number of esters is 1. The molecule has 0 spiro atoms. The highest BCUT2D eigenvalue weighted by Gasteiger charge is 2.15. The van der Waals surface area contributed by atoms with Gasteiger partial charge in [0.05, 0.1) is 18.3 Å². The van der Waals surface area contributed by atoms with Crippen LogP contribution in [0.4, 0.5) is 5.69 Å². The van der Waals surface area contributed by atoms with Gasteiger partial charge in [-0.2, -0.15) is 0 Å². The van der Waals surface area contributed by atoms with Gasteiger partial charge in [0.25, 0.3) is 0 Å². The van der Waals surface area contributed by atoms with Gasteiger partial charge in [-0.25, -0.2) is 9.78 Å². The maximum absolute atomic E-state index is 12.1. The quantitative estimate of drug-likeness (QED) is 0.448. The van der Waals surface area contributed by atoms with Crippen molar-refractivity contribution in [3.05, 3.63) is 72.1 Å². The molecule has 2 heterocycles. The molecule has 2 aromatic heterocycles. The van der Waals surface area contributed by atoms with E-state index >= 15 is 0 Å². The molecule has 130 valence electrons.